The van der Waals surface area contributed by atoms with E-state index in [0.717, 1.165) is 12.8 Å². The van der Waals surface area contributed by atoms with Crippen molar-refractivity contribution in [2.24, 2.45) is 0 Å². The Morgan fingerprint density at radius 3 is 2.74 bits per heavy atom. The number of nitrogens with one attached hydrogen (secondary N) is 2. The number of ether oxygens (including phenoxy) is 2. The highest BCUT2D eigenvalue weighted by Crippen LogP contribution is 2.17. The maximum absolute atomic E-state index is 13.2. The van der Waals surface area contributed by atoms with Crippen LogP contribution in [0.4, 0.5) is 0 Å². The molecule has 0 spiro atoms. The number of hydrogen-bond donors (Lipinski definition) is 2. The second-order valence-corrected chi connectivity index (χ2v) is 7.48. The summed E-state index contributed by atoms with van der Waals surface area (Å²) < 4.78 is 10.7. The van der Waals surface area contributed by atoms with Crippen molar-refractivity contribution in [3.8, 4) is 0 Å². The fourth-order valence-corrected chi connectivity index (χ4v) is 3.55. The van der Waals surface area contributed by atoms with E-state index in [0.29, 0.717) is 12.2 Å². The lowest BCUT2D eigenvalue weighted by molar-refractivity contribution is -0.153. The molecule has 0 saturated carbocycles. The van der Waals surface area contributed by atoms with Crippen LogP contribution >= 0.6 is 0 Å². The third-order valence-electron chi connectivity index (χ3n) is 5.06. The van der Waals surface area contributed by atoms with Gasteiger partial charge in [0.15, 0.2) is 0 Å². The summed E-state index contributed by atoms with van der Waals surface area (Å²) in [6.45, 7) is 2.54. The molecule has 9 heteroatoms. The van der Waals surface area contributed by atoms with E-state index in [1.807, 2.05) is 18.2 Å². The van der Waals surface area contributed by atoms with Gasteiger partial charge in [-0.1, -0.05) is 30.3 Å². The topological polar surface area (TPSA) is 114 Å². The SMILES string of the molecule is CC(=O)N/C(=C/c1ccccc1)C(=O)N1CCNC(=O)C1CC(=O)OCC1CCCO1. The van der Waals surface area contributed by atoms with Crippen LogP contribution in [0.2, 0.25) is 0 Å². The molecule has 1 aromatic rings. The van der Waals surface area contributed by atoms with Crippen molar-refractivity contribution in [1.82, 2.24) is 15.5 Å². The molecule has 2 aliphatic rings. The Bertz CT molecular complexity index is 848. The zero-order valence-corrected chi connectivity index (χ0v) is 17.5. The summed E-state index contributed by atoms with van der Waals surface area (Å²) in [5, 5.41) is 5.22. The standard InChI is InChI=1S/C22H27N3O6/c1-15(26)24-18(12-16-6-3-2-4-7-16)22(29)25-10-9-23-21(28)19(25)13-20(27)31-14-17-8-5-11-30-17/h2-4,6-7,12,17,19H,5,8-11,13-14H2,1H3,(H,23,28)(H,24,26)/b18-12+. The average Bonchev–Trinajstić information content (AvgIpc) is 3.27. The molecular weight excluding hydrogens is 402 g/mol. The van der Waals surface area contributed by atoms with Gasteiger partial charge in [-0.15, -0.1) is 0 Å². The average molecular weight is 429 g/mol. The number of carbonyl (C=O) groups excluding carboxylic acids is 4. The third-order valence-corrected chi connectivity index (χ3v) is 5.06. The van der Waals surface area contributed by atoms with Crippen LogP contribution in [0.1, 0.15) is 31.7 Å². The monoisotopic (exact) mass is 429 g/mol. The summed E-state index contributed by atoms with van der Waals surface area (Å²) in [4.78, 5) is 51.0. The van der Waals surface area contributed by atoms with Gasteiger partial charge < -0.3 is 25.0 Å². The van der Waals surface area contributed by atoms with Crippen LogP contribution < -0.4 is 10.6 Å². The summed E-state index contributed by atoms with van der Waals surface area (Å²) in [5.41, 5.74) is 0.750. The molecular formula is C22H27N3O6. The van der Waals surface area contributed by atoms with Gasteiger partial charge in [-0.05, 0) is 24.5 Å². The summed E-state index contributed by atoms with van der Waals surface area (Å²) in [6, 6.07) is 8.01. The number of benzene rings is 1. The second kappa shape index (κ2) is 10.7. The first-order valence-electron chi connectivity index (χ1n) is 10.3. The minimum absolute atomic E-state index is 0.0334. The first-order valence-corrected chi connectivity index (χ1v) is 10.3. The number of hydrogen-bond acceptors (Lipinski definition) is 6. The highest BCUT2D eigenvalue weighted by molar-refractivity contribution is 6.03. The zero-order valence-electron chi connectivity index (χ0n) is 17.5. The van der Waals surface area contributed by atoms with Gasteiger partial charge in [0, 0.05) is 26.6 Å². The molecule has 2 atom stereocenters. The Kier molecular flexibility index (Phi) is 7.77. The van der Waals surface area contributed by atoms with Crippen LogP contribution in [0.5, 0.6) is 0 Å². The predicted octanol–water partition coefficient (Wildman–Crippen LogP) is 0.603. The summed E-state index contributed by atoms with van der Waals surface area (Å²) in [7, 11) is 0. The van der Waals surface area contributed by atoms with Gasteiger partial charge >= 0.3 is 5.97 Å². The number of nitrogens with zero attached hydrogens (tertiary/aromatic N) is 1. The zero-order chi connectivity index (χ0) is 22.2. The lowest BCUT2D eigenvalue weighted by Crippen LogP contribution is -2.58. The lowest BCUT2D eigenvalue weighted by Gasteiger charge is -2.35. The fraction of sp³-hybridized carbons (Fsp3) is 0.455. The lowest BCUT2D eigenvalue weighted by atomic mass is 10.1. The van der Waals surface area contributed by atoms with Crippen molar-refractivity contribution in [3.63, 3.8) is 0 Å². The highest BCUT2D eigenvalue weighted by Gasteiger charge is 2.36. The minimum atomic E-state index is -1.02. The number of rotatable bonds is 7. The smallest absolute Gasteiger partial charge is 0.308 e. The van der Waals surface area contributed by atoms with Gasteiger partial charge in [0.1, 0.15) is 18.3 Å². The summed E-state index contributed by atoms with van der Waals surface area (Å²) in [5.74, 6) is -1.96. The van der Waals surface area contributed by atoms with Crippen LogP contribution in [0.15, 0.2) is 36.0 Å². The van der Waals surface area contributed by atoms with Gasteiger partial charge in [0.05, 0.1) is 12.5 Å². The molecule has 0 radical (unpaired) electrons. The Morgan fingerprint density at radius 2 is 2.06 bits per heavy atom. The van der Waals surface area contributed by atoms with E-state index in [9.17, 15) is 19.2 Å². The Balaban J connectivity index is 1.73. The molecule has 2 saturated heterocycles. The fourth-order valence-electron chi connectivity index (χ4n) is 3.55. The van der Waals surface area contributed by atoms with E-state index >= 15 is 0 Å². The van der Waals surface area contributed by atoms with Crippen LogP contribution in [0.3, 0.4) is 0 Å². The van der Waals surface area contributed by atoms with Crippen LogP contribution in [-0.2, 0) is 28.7 Å². The maximum Gasteiger partial charge on any atom is 0.308 e. The van der Waals surface area contributed by atoms with Gasteiger partial charge in [-0.25, -0.2) is 0 Å². The van der Waals surface area contributed by atoms with Crippen LogP contribution in [0, 0.1) is 0 Å². The molecule has 2 heterocycles. The van der Waals surface area contributed by atoms with Crippen molar-refractivity contribution in [2.45, 2.75) is 38.3 Å². The van der Waals surface area contributed by atoms with Gasteiger partial charge in [-0.3, -0.25) is 19.2 Å². The number of esters is 1. The van der Waals surface area contributed by atoms with E-state index < -0.39 is 29.7 Å². The highest BCUT2D eigenvalue weighted by atomic mass is 16.6. The van der Waals surface area contributed by atoms with E-state index in [-0.39, 0.29) is 37.9 Å². The molecule has 3 rings (SSSR count). The van der Waals surface area contributed by atoms with Crippen LogP contribution in [0.25, 0.3) is 6.08 Å². The van der Waals surface area contributed by atoms with Gasteiger partial charge in [0.2, 0.25) is 11.8 Å². The Hall–Kier alpha value is -3.20. The first kappa shape index (κ1) is 22.5. The normalized spacial score (nSPS) is 21.4. The number of carbonyl (C=O) groups is 4. The first-order chi connectivity index (χ1) is 14.9. The molecule has 2 fully saturated rings. The van der Waals surface area contributed by atoms with Gasteiger partial charge in [-0.2, -0.15) is 0 Å². The van der Waals surface area contributed by atoms with E-state index in [1.165, 1.54) is 11.8 Å². The maximum atomic E-state index is 13.2. The molecule has 166 valence electrons. The predicted molar refractivity (Wildman–Crippen MR) is 111 cm³/mol. The Labute approximate surface area is 180 Å². The summed E-state index contributed by atoms with van der Waals surface area (Å²) in [6.07, 6.45) is 2.90. The molecule has 2 aliphatic heterocycles. The van der Waals surface area contributed by atoms with E-state index in [4.69, 9.17) is 9.47 Å². The molecule has 0 aromatic heterocycles. The number of amides is 3. The largest absolute Gasteiger partial charge is 0.463 e. The molecule has 1 aromatic carbocycles. The molecule has 0 aliphatic carbocycles. The Morgan fingerprint density at radius 1 is 1.29 bits per heavy atom. The van der Waals surface area contributed by atoms with E-state index in [1.54, 1.807) is 18.2 Å². The van der Waals surface area contributed by atoms with E-state index in [2.05, 4.69) is 10.6 Å². The van der Waals surface area contributed by atoms with Crippen molar-refractivity contribution in [1.29, 1.82) is 0 Å². The molecule has 3 amide bonds. The quantitative estimate of drug-likeness (QED) is 0.485. The molecule has 2 unspecified atom stereocenters. The van der Waals surface area contributed by atoms with Crippen molar-refractivity contribution < 1.29 is 28.7 Å². The minimum Gasteiger partial charge on any atom is -0.463 e. The van der Waals surface area contributed by atoms with Crippen LogP contribution in [-0.4, -0.2) is 67.0 Å². The third kappa shape index (κ3) is 6.39. The molecule has 31 heavy (non-hydrogen) atoms. The van der Waals surface area contributed by atoms with Crippen molar-refractivity contribution >= 4 is 29.8 Å². The second-order valence-electron chi connectivity index (χ2n) is 7.48. The molecule has 9 nitrogen and oxygen atoms in total. The van der Waals surface area contributed by atoms with Crippen molar-refractivity contribution in [2.75, 3.05) is 26.3 Å². The summed E-state index contributed by atoms with van der Waals surface area (Å²) >= 11 is 0. The molecule has 0 bridgehead atoms. The van der Waals surface area contributed by atoms with Crippen molar-refractivity contribution in [3.05, 3.63) is 41.6 Å². The van der Waals surface area contributed by atoms with Gasteiger partial charge in [0.25, 0.3) is 5.91 Å². The number of piperazine rings is 1. The molecule has 2 N–H and O–H groups in total.